The highest BCUT2D eigenvalue weighted by atomic mass is 19.4. The quantitative estimate of drug-likeness (QED) is 0.677. The normalized spacial score (nSPS) is 11.4. The molecule has 0 amide bonds. The van der Waals surface area contributed by atoms with Gasteiger partial charge in [-0.05, 0) is 18.2 Å². The highest BCUT2D eigenvalue weighted by molar-refractivity contribution is 5.92. The minimum Gasteiger partial charge on any atom is -0.219 e. The second kappa shape index (κ2) is 5.11. The lowest BCUT2D eigenvalue weighted by molar-refractivity contribution is -0.137. The number of alkyl halides is 3. The highest BCUT2D eigenvalue weighted by Gasteiger charge is 2.30. The van der Waals surface area contributed by atoms with Crippen LogP contribution in [0.3, 0.4) is 0 Å². The molecule has 108 valence electrons. The summed E-state index contributed by atoms with van der Waals surface area (Å²) in [6.07, 6.45) is -4.38. The summed E-state index contributed by atoms with van der Waals surface area (Å²) < 4.78 is 37.9. The molecule has 0 unspecified atom stereocenters. The van der Waals surface area contributed by atoms with Gasteiger partial charge in [0, 0.05) is 10.9 Å². The first-order valence-corrected chi connectivity index (χ1v) is 6.33. The zero-order chi connectivity index (χ0) is 15.7. The molecule has 3 aromatic rings. The summed E-state index contributed by atoms with van der Waals surface area (Å²) in [5.74, 6) is -0.0198. The van der Waals surface area contributed by atoms with Crippen molar-refractivity contribution in [2.45, 2.75) is 6.18 Å². The van der Waals surface area contributed by atoms with E-state index in [1.165, 1.54) is 12.1 Å². The van der Waals surface area contributed by atoms with Crippen LogP contribution in [0.2, 0.25) is 0 Å². The zero-order valence-corrected chi connectivity index (χ0v) is 11.1. The Morgan fingerprint density at radius 2 is 1.59 bits per heavy atom. The number of nitriles is 1. The first-order valence-electron chi connectivity index (χ1n) is 6.33. The number of halogens is 3. The molecule has 0 spiro atoms. The molecule has 0 saturated carbocycles. The van der Waals surface area contributed by atoms with Crippen LogP contribution in [0.25, 0.3) is 22.2 Å². The number of hydrogen-bond acceptors (Lipinski definition) is 3. The van der Waals surface area contributed by atoms with Crippen molar-refractivity contribution in [1.82, 2.24) is 9.97 Å². The van der Waals surface area contributed by atoms with Gasteiger partial charge in [-0.25, -0.2) is 9.97 Å². The van der Waals surface area contributed by atoms with E-state index in [1.54, 1.807) is 24.3 Å². The number of aromatic nitrogens is 2. The maximum atomic E-state index is 12.6. The van der Waals surface area contributed by atoms with Gasteiger partial charge in [0.2, 0.25) is 5.82 Å². The summed E-state index contributed by atoms with van der Waals surface area (Å²) in [6.45, 7) is 0. The first-order chi connectivity index (χ1) is 10.5. The van der Waals surface area contributed by atoms with Crippen molar-refractivity contribution in [2.24, 2.45) is 0 Å². The number of hydrogen-bond donors (Lipinski definition) is 0. The van der Waals surface area contributed by atoms with Gasteiger partial charge in [-0.3, -0.25) is 0 Å². The van der Waals surface area contributed by atoms with E-state index in [9.17, 15) is 13.2 Å². The van der Waals surface area contributed by atoms with Gasteiger partial charge in [-0.2, -0.15) is 18.4 Å². The Morgan fingerprint density at radius 1 is 0.909 bits per heavy atom. The molecule has 0 atom stereocenters. The van der Waals surface area contributed by atoms with Crippen molar-refractivity contribution in [3.05, 3.63) is 59.9 Å². The largest absolute Gasteiger partial charge is 0.416 e. The second-order valence-electron chi connectivity index (χ2n) is 4.60. The molecule has 6 heteroatoms. The van der Waals surface area contributed by atoms with Crippen molar-refractivity contribution in [3.63, 3.8) is 0 Å². The minimum absolute atomic E-state index is 0.0198. The predicted molar refractivity (Wildman–Crippen MR) is 74.7 cm³/mol. The molecule has 22 heavy (non-hydrogen) atoms. The van der Waals surface area contributed by atoms with Crippen molar-refractivity contribution < 1.29 is 13.2 Å². The topological polar surface area (TPSA) is 49.6 Å². The van der Waals surface area contributed by atoms with Crippen LogP contribution in [0, 0.1) is 11.3 Å². The first kappa shape index (κ1) is 14.0. The van der Waals surface area contributed by atoms with E-state index in [1.807, 2.05) is 6.07 Å². The molecule has 0 radical (unpaired) electrons. The molecule has 0 N–H and O–H groups in total. The Kier molecular flexibility index (Phi) is 3.26. The SMILES string of the molecule is N#Cc1nc(-c2ccc(C(F)(F)F)cc2)c2ccccc2n1. The average Bonchev–Trinajstić information content (AvgIpc) is 2.53. The lowest BCUT2D eigenvalue weighted by atomic mass is 10.0. The number of fused-ring (bicyclic) bond motifs is 1. The monoisotopic (exact) mass is 299 g/mol. The Morgan fingerprint density at radius 3 is 2.23 bits per heavy atom. The number of benzene rings is 2. The molecule has 1 heterocycles. The fraction of sp³-hybridized carbons (Fsp3) is 0.0625. The smallest absolute Gasteiger partial charge is 0.219 e. The lowest BCUT2D eigenvalue weighted by Gasteiger charge is -2.09. The Labute approximate surface area is 123 Å². The van der Waals surface area contributed by atoms with Crippen molar-refractivity contribution >= 4 is 10.9 Å². The number of nitrogens with zero attached hydrogens (tertiary/aromatic N) is 3. The van der Waals surface area contributed by atoms with E-state index in [-0.39, 0.29) is 5.82 Å². The van der Waals surface area contributed by atoms with Crippen LogP contribution in [0.15, 0.2) is 48.5 Å². The van der Waals surface area contributed by atoms with Gasteiger partial charge in [0.05, 0.1) is 16.8 Å². The van der Waals surface area contributed by atoms with Gasteiger partial charge >= 0.3 is 6.18 Å². The van der Waals surface area contributed by atoms with Crippen molar-refractivity contribution in [1.29, 1.82) is 5.26 Å². The van der Waals surface area contributed by atoms with Gasteiger partial charge in [-0.1, -0.05) is 30.3 Å². The Hall–Kier alpha value is -2.94. The van der Waals surface area contributed by atoms with E-state index in [4.69, 9.17) is 5.26 Å². The standard InChI is InChI=1S/C16H8F3N3/c17-16(18,19)11-7-5-10(6-8-11)15-12-3-1-2-4-13(12)21-14(9-20)22-15/h1-8H. The summed E-state index contributed by atoms with van der Waals surface area (Å²) in [4.78, 5) is 8.21. The molecule has 2 aromatic carbocycles. The zero-order valence-electron chi connectivity index (χ0n) is 11.1. The maximum absolute atomic E-state index is 12.6. The number of para-hydroxylation sites is 1. The van der Waals surface area contributed by atoms with E-state index in [2.05, 4.69) is 9.97 Å². The molecule has 0 aliphatic heterocycles. The molecule has 3 nitrogen and oxygen atoms in total. The van der Waals surface area contributed by atoms with E-state index >= 15 is 0 Å². The molecule has 0 aliphatic rings. The van der Waals surface area contributed by atoms with Crippen LogP contribution >= 0.6 is 0 Å². The van der Waals surface area contributed by atoms with Crippen LogP contribution in [-0.4, -0.2) is 9.97 Å². The summed E-state index contributed by atoms with van der Waals surface area (Å²) in [5.41, 5.74) is 0.790. The predicted octanol–water partition coefficient (Wildman–Crippen LogP) is 4.19. The Balaban J connectivity index is 2.19. The van der Waals surface area contributed by atoms with Gasteiger partial charge in [0.25, 0.3) is 0 Å². The third-order valence-corrected chi connectivity index (χ3v) is 3.19. The van der Waals surface area contributed by atoms with Gasteiger partial charge in [0.15, 0.2) is 0 Å². The van der Waals surface area contributed by atoms with Crippen LogP contribution in [-0.2, 0) is 6.18 Å². The summed E-state index contributed by atoms with van der Waals surface area (Å²) >= 11 is 0. The molecular weight excluding hydrogens is 291 g/mol. The van der Waals surface area contributed by atoms with Crippen LogP contribution in [0.1, 0.15) is 11.4 Å². The van der Waals surface area contributed by atoms with E-state index in [0.717, 1.165) is 12.1 Å². The van der Waals surface area contributed by atoms with E-state index in [0.29, 0.717) is 22.2 Å². The Bertz CT molecular complexity index is 878. The molecular formula is C16H8F3N3. The summed E-state index contributed by atoms with van der Waals surface area (Å²) in [6, 6.07) is 13.6. The summed E-state index contributed by atoms with van der Waals surface area (Å²) in [7, 11) is 0. The molecule has 1 aromatic heterocycles. The molecule has 0 fully saturated rings. The van der Waals surface area contributed by atoms with Crippen LogP contribution < -0.4 is 0 Å². The third kappa shape index (κ3) is 2.49. The van der Waals surface area contributed by atoms with Gasteiger partial charge in [0.1, 0.15) is 6.07 Å². The molecule has 0 aliphatic carbocycles. The maximum Gasteiger partial charge on any atom is 0.416 e. The molecule has 3 rings (SSSR count). The molecule has 0 bridgehead atoms. The fourth-order valence-electron chi connectivity index (χ4n) is 2.16. The van der Waals surface area contributed by atoms with Gasteiger partial charge in [-0.15, -0.1) is 0 Å². The van der Waals surface area contributed by atoms with Crippen molar-refractivity contribution in [2.75, 3.05) is 0 Å². The van der Waals surface area contributed by atoms with E-state index < -0.39 is 11.7 Å². The number of rotatable bonds is 1. The average molecular weight is 299 g/mol. The highest BCUT2D eigenvalue weighted by Crippen LogP contribution is 2.32. The fourth-order valence-corrected chi connectivity index (χ4v) is 2.16. The molecule has 0 saturated heterocycles. The van der Waals surface area contributed by atoms with Crippen molar-refractivity contribution in [3.8, 4) is 17.3 Å². The third-order valence-electron chi connectivity index (χ3n) is 3.19. The van der Waals surface area contributed by atoms with Gasteiger partial charge < -0.3 is 0 Å². The van der Waals surface area contributed by atoms with Crippen LogP contribution in [0.4, 0.5) is 13.2 Å². The summed E-state index contributed by atoms with van der Waals surface area (Å²) in [5, 5.41) is 9.68. The lowest BCUT2D eigenvalue weighted by Crippen LogP contribution is -2.04. The second-order valence-corrected chi connectivity index (χ2v) is 4.60. The van der Waals surface area contributed by atoms with Crippen LogP contribution in [0.5, 0.6) is 0 Å². The minimum atomic E-state index is -4.38.